The van der Waals surface area contributed by atoms with Gasteiger partial charge in [-0.3, -0.25) is 10.1 Å². The lowest BCUT2D eigenvalue weighted by atomic mass is 9.99. The molecule has 0 amide bonds. The average Bonchev–Trinajstić information content (AvgIpc) is 3.35. The Balaban J connectivity index is 1.59. The standard InChI is InChI=1S/C16H16N6O3/c17-16(8-1-2-9-16)15-18-14(25-20-15)13-7-10-21(19-13)11-3-5-12(6-4-11)22(23)24/h3-7,10H,1-2,8-9,17H2. The molecule has 2 heterocycles. The molecule has 1 aliphatic carbocycles. The van der Waals surface area contributed by atoms with Crippen LogP contribution in [0.5, 0.6) is 0 Å². The lowest BCUT2D eigenvalue weighted by Gasteiger charge is -2.17. The van der Waals surface area contributed by atoms with Crippen LogP contribution in [0.2, 0.25) is 0 Å². The number of nitrogens with zero attached hydrogens (tertiary/aromatic N) is 5. The van der Waals surface area contributed by atoms with Crippen LogP contribution in [-0.2, 0) is 5.54 Å². The topological polar surface area (TPSA) is 126 Å². The summed E-state index contributed by atoms with van der Waals surface area (Å²) >= 11 is 0. The van der Waals surface area contributed by atoms with Gasteiger partial charge in [0.1, 0.15) is 0 Å². The third kappa shape index (κ3) is 2.78. The van der Waals surface area contributed by atoms with Crippen molar-refractivity contribution in [1.82, 2.24) is 19.9 Å². The van der Waals surface area contributed by atoms with Gasteiger partial charge in [-0.25, -0.2) is 4.68 Å². The zero-order chi connectivity index (χ0) is 17.4. The first-order chi connectivity index (χ1) is 12.0. The zero-order valence-electron chi connectivity index (χ0n) is 13.3. The highest BCUT2D eigenvalue weighted by Crippen LogP contribution is 2.35. The van der Waals surface area contributed by atoms with Crippen LogP contribution in [0.1, 0.15) is 31.5 Å². The van der Waals surface area contributed by atoms with E-state index in [1.807, 2.05) is 0 Å². The highest BCUT2D eigenvalue weighted by Gasteiger charge is 2.36. The lowest BCUT2D eigenvalue weighted by molar-refractivity contribution is -0.384. The molecule has 0 aliphatic heterocycles. The molecule has 25 heavy (non-hydrogen) atoms. The van der Waals surface area contributed by atoms with Crippen LogP contribution < -0.4 is 5.73 Å². The number of non-ortho nitro benzene ring substituents is 1. The van der Waals surface area contributed by atoms with Crippen LogP contribution >= 0.6 is 0 Å². The van der Waals surface area contributed by atoms with E-state index in [0.29, 0.717) is 23.1 Å². The molecule has 1 saturated carbocycles. The SMILES string of the molecule is NC1(c2noc(-c3ccn(-c4ccc([N+](=O)[O-])cc4)n3)n2)CCCC1. The Hall–Kier alpha value is -3.07. The highest BCUT2D eigenvalue weighted by atomic mass is 16.6. The molecule has 9 nitrogen and oxygen atoms in total. The van der Waals surface area contributed by atoms with Gasteiger partial charge in [0.15, 0.2) is 11.5 Å². The van der Waals surface area contributed by atoms with Gasteiger partial charge in [-0.05, 0) is 31.0 Å². The van der Waals surface area contributed by atoms with Crippen molar-refractivity contribution in [2.75, 3.05) is 0 Å². The van der Waals surface area contributed by atoms with Gasteiger partial charge in [-0.15, -0.1) is 0 Å². The summed E-state index contributed by atoms with van der Waals surface area (Å²) in [7, 11) is 0. The Morgan fingerprint density at radius 2 is 1.92 bits per heavy atom. The summed E-state index contributed by atoms with van der Waals surface area (Å²) < 4.78 is 6.92. The van der Waals surface area contributed by atoms with Crippen LogP contribution in [0.4, 0.5) is 5.69 Å². The van der Waals surface area contributed by atoms with E-state index in [9.17, 15) is 10.1 Å². The van der Waals surface area contributed by atoms with Gasteiger partial charge >= 0.3 is 0 Å². The van der Waals surface area contributed by atoms with Crippen molar-refractivity contribution >= 4 is 5.69 Å². The fourth-order valence-corrected chi connectivity index (χ4v) is 3.07. The summed E-state index contributed by atoms with van der Waals surface area (Å²) in [5.41, 5.74) is 7.08. The summed E-state index contributed by atoms with van der Waals surface area (Å²) in [5, 5.41) is 19.1. The van der Waals surface area contributed by atoms with Gasteiger partial charge < -0.3 is 10.3 Å². The molecule has 0 saturated heterocycles. The van der Waals surface area contributed by atoms with Crippen molar-refractivity contribution < 1.29 is 9.45 Å². The minimum atomic E-state index is -0.511. The molecule has 4 rings (SSSR count). The van der Waals surface area contributed by atoms with Crippen LogP contribution in [-0.4, -0.2) is 24.8 Å². The molecule has 0 bridgehead atoms. The summed E-state index contributed by atoms with van der Waals surface area (Å²) in [5.74, 6) is 0.831. The molecule has 128 valence electrons. The van der Waals surface area contributed by atoms with E-state index >= 15 is 0 Å². The first kappa shape index (κ1) is 15.5. The van der Waals surface area contributed by atoms with Gasteiger partial charge in [0.25, 0.3) is 11.6 Å². The Bertz CT molecular complexity index is 908. The normalized spacial score (nSPS) is 16.2. The minimum Gasteiger partial charge on any atom is -0.332 e. The van der Waals surface area contributed by atoms with E-state index in [-0.39, 0.29) is 5.69 Å². The van der Waals surface area contributed by atoms with Gasteiger partial charge in [0.2, 0.25) is 0 Å². The molecule has 1 fully saturated rings. The second-order valence-corrected chi connectivity index (χ2v) is 6.21. The molecule has 1 aliphatic rings. The summed E-state index contributed by atoms with van der Waals surface area (Å²) in [6, 6.07) is 7.86. The van der Waals surface area contributed by atoms with Crippen molar-refractivity contribution in [3.63, 3.8) is 0 Å². The Kier molecular flexibility index (Phi) is 3.57. The van der Waals surface area contributed by atoms with Crippen molar-refractivity contribution in [2.24, 2.45) is 5.73 Å². The Morgan fingerprint density at radius 1 is 1.20 bits per heavy atom. The first-order valence-corrected chi connectivity index (χ1v) is 7.99. The van der Waals surface area contributed by atoms with Crippen LogP contribution in [0.3, 0.4) is 0 Å². The molecule has 0 spiro atoms. The molecule has 0 unspecified atom stereocenters. The van der Waals surface area contributed by atoms with Crippen LogP contribution in [0.25, 0.3) is 17.3 Å². The number of hydrogen-bond donors (Lipinski definition) is 1. The number of benzene rings is 1. The molecule has 2 aromatic heterocycles. The maximum atomic E-state index is 10.7. The molecule has 0 atom stereocenters. The number of nitro benzene ring substituents is 1. The quantitative estimate of drug-likeness (QED) is 0.571. The van der Waals surface area contributed by atoms with E-state index in [1.54, 1.807) is 29.1 Å². The molecule has 1 aromatic carbocycles. The number of aromatic nitrogens is 4. The maximum Gasteiger partial charge on any atom is 0.278 e. The van der Waals surface area contributed by atoms with Crippen molar-refractivity contribution in [1.29, 1.82) is 0 Å². The third-order valence-electron chi connectivity index (χ3n) is 4.50. The predicted octanol–water partition coefficient (Wildman–Crippen LogP) is 2.56. The van der Waals surface area contributed by atoms with Crippen molar-refractivity contribution in [2.45, 2.75) is 31.2 Å². The Morgan fingerprint density at radius 3 is 2.60 bits per heavy atom. The molecule has 3 aromatic rings. The molecular formula is C16H16N6O3. The summed E-state index contributed by atoms with van der Waals surface area (Å²) in [6.45, 7) is 0. The summed E-state index contributed by atoms with van der Waals surface area (Å²) in [6.07, 6.45) is 5.56. The van der Waals surface area contributed by atoms with E-state index in [4.69, 9.17) is 10.3 Å². The number of nitro groups is 1. The summed E-state index contributed by atoms with van der Waals surface area (Å²) in [4.78, 5) is 14.7. The molecule has 2 N–H and O–H groups in total. The van der Waals surface area contributed by atoms with Gasteiger partial charge in [0, 0.05) is 18.3 Å². The largest absolute Gasteiger partial charge is 0.332 e. The van der Waals surface area contributed by atoms with Crippen molar-refractivity contribution in [3.05, 3.63) is 52.5 Å². The van der Waals surface area contributed by atoms with E-state index in [2.05, 4.69) is 15.2 Å². The molecular weight excluding hydrogens is 324 g/mol. The number of hydrogen-bond acceptors (Lipinski definition) is 7. The minimum absolute atomic E-state index is 0.0301. The first-order valence-electron chi connectivity index (χ1n) is 7.99. The zero-order valence-corrected chi connectivity index (χ0v) is 13.3. The monoisotopic (exact) mass is 340 g/mol. The third-order valence-corrected chi connectivity index (χ3v) is 4.50. The second-order valence-electron chi connectivity index (χ2n) is 6.21. The average molecular weight is 340 g/mol. The van der Waals surface area contributed by atoms with Crippen LogP contribution in [0, 0.1) is 10.1 Å². The number of rotatable bonds is 4. The fraction of sp³-hybridized carbons (Fsp3) is 0.312. The van der Waals surface area contributed by atoms with Gasteiger partial charge in [-0.1, -0.05) is 18.0 Å². The van der Waals surface area contributed by atoms with Gasteiger partial charge in [-0.2, -0.15) is 10.1 Å². The fourth-order valence-electron chi connectivity index (χ4n) is 3.07. The lowest BCUT2D eigenvalue weighted by Crippen LogP contribution is -2.34. The van der Waals surface area contributed by atoms with E-state index < -0.39 is 10.5 Å². The van der Waals surface area contributed by atoms with Crippen LogP contribution in [0.15, 0.2) is 41.1 Å². The molecule has 0 radical (unpaired) electrons. The van der Waals surface area contributed by atoms with Crippen molar-refractivity contribution in [3.8, 4) is 17.3 Å². The second kappa shape index (κ2) is 5.78. The Labute approximate surface area is 142 Å². The maximum absolute atomic E-state index is 10.7. The van der Waals surface area contributed by atoms with Gasteiger partial charge in [0.05, 0.1) is 16.1 Å². The van der Waals surface area contributed by atoms with E-state index in [1.165, 1.54) is 12.1 Å². The predicted molar refractivity (Wildman–Crippen MR) is 87.8 cm³/mol. The highest BCUT2D eigenvalue weighted by molar-refractivity contribution is 5.48. The number of nitrogens with two attached hydrogens (primary N) is 1. The van der Waals surface area contributed by atoms with E-state index in [0.717, 1.165) is 25.7 Å². The smallest absolute Gasteiger partial charge is 0.278 e. The molecule has 9 heteroatoms.